The molecule has 0 saturated carbocycles. The van der Waals surface area contributed by atoms with Crippen LogP contribution in [0.25, 0.3) is 0 Å². The quantitative estimate of drug-likeness (QED) is 0.616. The smallest absolute Gasteiger partial charge is 0.410 e. The summed E-state index contributed by atoms with van der Waals surface area (Å²) in [4.78, 5) is 12.9. The summed E-state index contributed by atoms with van der Waals surface area (Å²) in [5, 5.41) is 9.45. The van der Waals surface area contributed by atoms with E-state index in [-0.39, 0.29) is 17.8 Å². The first kappa shape index (κ1) is 20.6. The van der Waals surface area contributed by atoms with Crippen LogP contribution in [-0.4, -0.2) is 36.1 Å². The first-order chi connectivity index (χ1) is 14.8. The number of alkyl halides is 3. The topological polar surface area (TPSA) is 90.5 Å². The summed E-state index contributed by atoms with van der Waals surface area (Å²) in [6.07, 6.45) is -2.38. The molecular formula is C20H19F3N4O4. The van der Waals surface area contributed by atoms with Gasteiger partial charge >= 0.3 is 6.18 Å². The van der Waals surface area contributed by atoms with Gasteiger partial charge in [-0.3, -0.25) is 4.79 Å². The Morgan fingerprint density at radius 3 is 2.74 bits per heavy atom. The lowest BCUT2D eigenvalue weighted by atomic mass is 10.0. The van der Waals surface area contributed by atoms with E-state index in [1.165, 1.54) is 20.5 Å². The van der Waals surface area contributed by atoms with E-state index in [9.17, 15) is 18.0 Å². The number of fused-ring (bicyclic) bond motifs is 1. The number of methoxy groups -OCH3 is 2. The second kappa shape index (κ2) is 7.89. The van der Waals surface area contributed by atoms with Crippen molar-refractivity contribution in [3.8, 4) is 11.5 Å². The Kier molecular flexibility index (Phi) is 5.25. The summed E-state index contributed by atoms with van der Waals surface area (Å²) in [7, 11) is 2.92. The number of amides is 1. The Labute approximate surface area is 174 Å². The molecule has 1 aliphatic heterocycles. The van der Waals surface area contributed by atoms with Crippen LogP contribution in [0.3, 0.4) is 0 Å². The minimum atomic E-state index is -4.55. The molecule has 0 radical (unpaired) electrons. The minimum Gasteiger partial charge on any atom is -0.497 e. The highest BCUT2D eigenvalue weighted by atomic mass is 19.4. The van der Waals surface area contributed by atoms with Crippen LogP contribution in [0.1, 0.15) is 34.6 Å². The van der Waals surface area contributed by atoms with Crippen molar-refractivity contribution in [1.29, 1.82) is 0 Å². The van der Waals surface area contributed by atoms with E-state index in [2.05, 4.69) is 15.7 Å². The minimum absolute atomic E-state index is 0.0385. The lowest BCUT2D eigenvalue weighted by Crippen LogP contribution is -2.36. The fourth-order valence-corrected chi connectivity index (χ4v) is 3.50. The molecule has 8 nitrogen and oxygen atoms in total. The van der Waals surface area contributed by atoms with Crippen molar-refractivity contribution in [2.24, 2.45) is 0 Å². The molecule has 2 atom stereocenters. The summed E-state index contributed by atoms with van der Waals surface area (Å²) in [6.45, 7) is 0. The van der Waals surface area contributed by atoms with Gasteiger partial charge in [0.2, 0.25) is 0 Å². The number of rotatable bonds is 5. The van der Waals surface area contributed by atoms with Crippen LogP contribution >= 0.6 is 0 Å². The van der Waals surface area contributed by atoms with Gasteiger partial charge in [0, 0.05) is 12.5 Å². The number of hydrogen-bond donors (Lipinski definition) is 2. The van der Waals surface area contributed by atoms with Gasteiger partial charge in [-0.2, -0.15) is 18.3 Å². The second-order valence-electron chi connectivity index (χ2n) is 6.88. The Hall–Kier alpha value is -3.63. The van der Waals surface area contributed by atoms with E-state index in [1.807, 2.05) is 0 Å². The summed E-state index contributed by atoms with van der Waals surface area (Å²) in [5.41, 5.74) is 0.294. The lowest BCUT2D eigenvalue weighted by molar-refractivity contribution is -0.174. The summed E-state index contributed by atoms with van der Waals surface area (Å²) in [6, 6.07) is 5.27. The highest BCUT2D eigenvalue weighted by molar-refractivity contribution is 6.08. The zero-order chi connectivity index (χ0) is 22.2. The van der Waals surface area contributed by atoms with E-state index in [0.29, 0.717) is 22.9 Å². The van der Waals surface area contributed by atoms with E-state index >= 15 is 0 Å². The maximum atomic E-state index is 13.7. The van der Waals surface area contributed by atoms with Crippen molar-refractivity contribution in [3.63, 3.8) is 0 Å². The molecule has 2 N–H and O–H groups in total. The lowest BCUT2D eigenvalue weighted by Gasteiger charge is -2.32. The van der Waals surface area contributed by atoms with Crippen molar-refractivity contribution < 1.29 is 31.9 Å². The van der Waals surface area contributed by atoms with Crippen molar-refractivity contribution >= 4 is 17.4 Å². The van der Waals surface area contributed by atoms with Gasteiger partial charge in [0.05, 0.1) is 38.4 Å². The molecule has 1 aliphatic rings. The molecule has 0 fully saturated rings. The highest BCUT2D eigenvalue weighted by Crippen LogP contribution is 2.44. The number of aromatic nitrogens is 2. The Bertz CT molecular complexity index is 1080. The zero-order valence-electron chi connectivity index (χ0n) is 16.6. The number of carbonyl (C=O) groups is 1. The molecule has 0 unspecified atom stereocenters. The molecule has 3 aromatic rings. The number of furan rings is 1. The number of benzene rings is 1. The van der Waals surface area contributed by atoms with Gasteiger partial charge in [-0.15, -0.1) is 0 Å². The normalized spacial score (nSPS) is 18.1. The van der Waals surface area contributed by atoms with Crippen LogP contribution in [0.2, 0.25) is 0 Å². The predicted molar refractivity (Wildman–Crippen MR) is 105 cm³/mol. The van der Waals surface area contributed by atoms with Crippen LogP contribution in [-0.2, 0) is 0 Å². The molecule has 4 rings (SSSR count). The SMILES string of the molecule is COc1ccc(NC(=O)c2cnn3c2N[C@@H](c2ccco2)C[C@H]3C(F)(F)F)c(OC)c1. The van der Waals surface area contributed by atoms with Crippen LogP contribution in [0.4, 0.5) is 24.7 Å². The van der Waals surface area contributed by atoms with Gasteiger partial charge in [-0.25, -0.2) is 4.68 Å². The number of nitrogens with one attached hydrogen (secondary N) is 2. The molecule has 0 bridgehead atoms. The number of carbonyl (C=O) groups excluding carboxylic acids is 1. The van der Waals surface area contributed by atoms with Gasteiger partial charge in [0.25, 0.3) is 5.91 Å². The average molecular weight is 436 g/mol. The fraction of sp³-hybridized carbons (Fsp3) is 0.300. The summed E-state index contributed by atoms with van der Waals surface area (Å²) < 4.78 is 57.6. The van der Waals surface area contributed by atoms with Gasteiger partial charge < -0.3 is 24.5 Å². The Morgan fingerprint density at radius 1 is 1.29 bits per heavy atom. The third-order valence-electron chi connectivity index (χ3n) is 5.03. The number of hydrogen-bond acceptors (Lipinski definition) is 6. The first-order valence-corrected chi connectivity index (χ1v) is 9.29. The number of ether oxygens (including phenoxy) is 2. The monoisotopic (exact) mass is 436 g/mol. The maximum absolute atomic E-state index is 13.7. The zero-order valence-corrected chi connectivity index (χ0v) is 16.6. The number of anilines is 2. The van der Waals surface area contributed by atoms with Crippen molar-refractivity contribution in [1.82, 2.24) is 9.78 Å². The largest absolute Gasteiger partial charge is 0.497 e. The fourth-order valence-electron chi connectivity index (χ4n) is 3.50. The van der Waals surface area contributed by atoms with E-state index in [0.717, 1.165) is 10.9 Å². The predicted octanol–water partition coefficient (Wildman–Crippen LogP) is 4.41. The van der Waals surface area contributed by atoms with Crippen LogP contribution in [0, 0.1) is 0 Å². The van der Waals surface area contributed by atoms with Crippen molar-refractivity contribution in [3.05, 3.63) is 54.1 Å². The third kappa shape index (κ3) is 3.90. The number of halogens is 3. The Balaban J connectivity index is 1.67. The molecule has 0 saturated heterocycles. The standard InChI is InChI=1S/C20H19F3N4O4/c1-29-11-5-6-13(16(8-11)30-2)26-19(28)12-10-24-27-17(20(21,22)23)9-14(25-18(12)27)15-4-3-7-31-15/h3-8,10,14,17,25H,9H2,1-2H3,(H,26,28)/t14-,17+/m1/s1. The molecule has 0 spiro atoms. The van der Waals surface area contributed by atoms with Gasteiger partial charge in [0.1, 0.15) is 28.6 Å². The summed E-state index contributed by atoms with van der Waals surface area (Å²) >= 11 is 0. The molecule has 2 aromatic heterocycles. The van der Waals surface area contributed by atoms with Crippen molar-refractivity contribution in [2.75, 3.05) is 24.9 Å². The molecule has 1 aromatic carbocycles. The average Bonchev–Trinajstić information content (AvgIpc) is 3.42. The van der Waals surface area contributed by atoms with Gasteiger partial charge in [-0.1, -0.05) is 0 Å². The third-order valence-corrected chi connectivity index (χ3v) is 5.03. The van der Waals surface area contributed by atoms with E-state index < -0.39 is 24.2 Å². The number of nitrogens with zero attached hydrogens (tertiary/aromatic N) is 2. The maximum Gasteiger partial charge on any atom is 0.410 e. The molecule has 11 heteroatoms. The first-order valence-electron chi connectivity index (χ1n) is 9.29. The van der Waals surface area contributed by atoms with Crippen molar-refractivity contribution in [2.45, 2.75) is 24.7 Å². The molecule has 1 amide bonds. The molecule has 3 heterocycles. The van der Waals surface area contributed by atoms with Crippen LogP contribution in [0.15, 0.2) is 47.2 Å². The summed E-state index contributed by atoms with van der Waals surface area (Å²) in [5.74, 6) is 0.514. The Morgan fingerprint density at radius 2 is 2.10 bits per heavy atom. The van der Waals surface area contributed by atoms with Crippen LogP contribution in [0.5, 0.6) is 11.5 Å². The van der Waals surface area contributed by atoms with Crippen LogP contribution < -0.4 is 20.1 Å². The molecular weight excluding hydrogens is 417 g/mol. The molecule has 31 heavy (non-hydrogen) atoms. The molecule has 164 valence electrons. The van der Waals surface area contributed by atoms with Gasteiger partial charge in [0.15, 0.2) is 6.04 Å². The second-order valence-corrected chi connectivity index (χ2v) is 6.88. The van der Waals surface area contributed by atoms with Gasteiger partial charge in [-0.05, 0) is 24.3 Å². The highest BCUT2D eigenvalue weighted by Gasteiger charge is 2.47. The van der Waals surface area contributed by atoms with E-state index in [4.69, 9.17) is 13.9 Å². The molecule has 0 aliphatic carbocycles. The van der Waals surface area contributed by atoms with E-state index in [1.54, 1.807) is 30.3 Å².